The van der Waals surface area contributed by atoms with Crippen molar-refractivity contribution >= 4 is 11.9 Å². The molecule has 0 unspecified atom stereocenters. The van der Waals surface area contributed by atoms with Crippen LogP contribution in [0.2, 0.25) is 0 Å². The number of nitrogens with zero attached hydrogens (tertiary/aromatic N) is 1. The van der Waals surface area contributed by atoms with E-state index in [-0.39, 0.29) is 18.5 Å². The Morgan fingerprint density at radius 2 is 2.21 bits per heavy atom. The average Bonchev–Trinajstić information content (AvgIpc) is 2.93. The average molecular weight is 198 g/mol. The minimum atomic E-state index is -0.301. The van der Waals surface area contributed by atoms with E-state index in [0.717, 1.165) is 12.5 Å². The first-order chi connectivity index (χ1) is 6.77. The number of nitrogens with one attached hydrogen (secondary N) is 1. The lowest BCUT2D eigenvalue weighted by molar-refractivity contribution is -0.125. The molecular weight excluding hydrogens is 184 g/mol. The minimum absolute atomic E-state index is 0.126. The lowest BCUT2D eigenvalue weighted by Crippen LogP contribution is -2.34. The van der Waals surface area contributed by atoms with Crippen molar-refractivity contribution in [2.24, 2.45) is 5.92 Å². The van der Waals surface area contributed by atoms with Gasteiger partial charge in [-0.05, 0) is 18.8 Å². The van der Waals surface area contributed by atoms with Gasteiger partial charge in [-0.15, -0.1) is 0 Å². The Labute approximate surface area is 82.4 Å². The fraction of sp³-hybridized carbons (Fsp3) is 0.778. The van der Waals surface area contributed by atoms with Gasteiger partial charge in [-0.3, -0.25) is 9.69 Å². The van der Waals surface area contributed by atoms with E-state index in [1.165, 1.54) is 17.7 Å². The highest BCUT2D eigenvalue weighted by Crippen LogP contribution is 2.28. The fourth-order valence-electron chi connectivity index (χ4n) is 1.37. The maximum absolute atomic E-state index is 11.1. The standard InChI is InChI=1S/C9H14N2O3/c12-8-5-10-9(13)11(8)3-4-14-6-7-1-2-7/h7H,1-6H2,(H,10,13). The van der Waals surface area contributed by atoms with Crippen LogP contribution in [-0.2, 0) is 9.53 Å². The number of urea groups is 1. The van der Waals surface area contributed by atoms with Crippen LogP contribution in [0.3, 0.4) is 0 Å². The number of hydrogen-bond acceptors (Lipinski definition) is 3. The van der Waals surface area contributed by atoms with E-state index >= 15 is 0 Å². The summed E-state index contributed by atoms with van der Waals surface area (Å²) in [6.07, 6.45) is 2.51. The van der Waals surface area contributed by atoms with Crippen LogP contribution >= 0.6 is 0 Å². The molecule has 0 spiro atoms. The summed E-state index contributed by atoms with van der Waals surface area (Å²) in [5, 5.41) is 2.46. The summed E-state index contributed by atoms with van der Waals surface area (Å²) in [5.74, 6) is 0.558. The highest BCUT2D eigenvalue weighted by molar-refractivity contribution is 6.01. The molecule has 1 saturated carbocycles. The molecule has 1 heterocycles. The Bertz CT molecular complexity index is 234. The monoisotopic (exact) mass is 198 g/mol. The van der Waals surface area contributed by atoms with Crippen molar-refractivity contribution in [3.8, 4) is 0 Å². The van der Waals surface area contributed by atoms with Gasteiger partial charge in [-0.25, -0.2) is 4.79 Å². The van der Waals surface area contributed by atoms with Crippen LogP contribution in [0.5, 0.6) is 0 Å². The first kappa shape index (κ1) is 9.45. The Hall–Kier alpha value is -1.10. The smallest absolute Gasteiger partial charge is 0.324 e. The van der Waals surface area contributed by atoms with Crippen LogP contribution in [0, 0.1) is 5.92 Å². The molecule has 0 atom stereocenters. The van der Waals surface area contributed by atoms with E-state index in [2.05, 4.69) is 5.32 Å². The number of ether oxygens (including phenoxy) is 1. The van der Waals surface area contributed by atoms with Crippen LogP contribution in [0.1, 0.15) is 12.8 Å². The Morgan fingerprint density at radius 3 is 2.79 bits per heavy atom. The predicted molar refractivity (Wildman–Crippen MR) is 48.7 cm³/mol. The van der Waals surface area contributed by atoms with Crippen molar-refractivity contribution in [2.75, 3.05) is 26.3 Å². The molecule has 2 aliphatic rings. The van der Waals surface area contributed by atoms with Gasteiger partial charge in [-0.1, -0.05) is 0 Å². The normalized spacial score (nSPS) is 21.6. The van der Waals surface area contributed by atoms with Crippen molar-refractivity contribution in [2.45, 2.75) is 12.8 Å². The van der Waals surface area contributed by atoms with E-state index in [9.17, 15) is 9.59 Å². The first-order valence-electron chi connectivity index (χ1n) is 4.93. The van der Waals surface area contributed by atoms with Gasteiger partial charge in [0, 0.05) is 6.61 Å². The third-order valence-electron chi connectivity index (χ3n) is 2.45. The Kier molecular flexibility index (Phi) is 2.67. The molecule has 1 aliphatic carbocycles. The van der Waals surface area contributed by atoms with Gasteiger partial charge >= 0.3 is 6.03 Å². The largest absolute Gasteiger partial charge is 0.379 e. The molecule has 5 nitrogen and oxygen atoms in total. The van der Waals surface area contributed by atoms with E-state index in [1.54, 1.807) is 0 Å². The van der Waals surface area contributed by atoms with Crippen molar-refractivity contribution in [1.82, 2.24) is 10.2 Å². The summed E-state index contributed by atoms with van der Waals surface area (Å²) in [5.41, 5.74) is 0. The van der Waals surface area contributed by atoms with E-state index < -0.39 is 0 Å². The van der Waals surface area contributed by atoms with Gasteiger partial charge in [0.05, 0.1) is 19.7 Å². The summed E-state index contributed by atoms with van der Waals surface area (Å²) in [7, 11) is 0. The molecule has 0 radical (unpaired) electrons. The van der Waals surface area contributed by atoms with Crippen LogP contribution in [0.15, 0.2) is 0 Å². The molecule has 2 fully saturated rings. The number of carbonyl (C=O) groups excluding carboxylic acids is 2. The third-order valence-corrected chi connectivity index (χ3v) is 2.45. The van der Waals surface area contributed by atoms with Crippen LogP contribution in [-0.4, -0.2) is 43.1 Å². The van der Waals surface area contributed by atoms with Gasteiger partial charge < -0.3 is 10.1 Å². The minimum Gasteiger partial charge on any atom is -0.379 e. The number of hydrogen-bond donors (Lipinski definition) is 1. The van der Waals surface area contributed by atoms with Gasteiger partial charge in [0.2, 0.25) is 5.91 Å². The molecule has 2 rings (SSSR count). The van der Waals surface area contributed by atoms with Crippen LogP contribution < -0.4 is 5.32 Å². The summed E-state index contributed by atoms with van der Waals surface area (Å²) < 4.78 is 5.34. The maximum Gasteiger partial charge on any atom is 0.324 e. The summed E-state index contributed by atoms with van der Waals surface area (Å²) >= 11 is 0. The second kappa shape index (κ2) is 3.96. The van der Waals surface area contributed by atoms with Crippen molar-refractivity contribution in [1.29, 1.82) is 0 Å². The second-order valence-electron chi connectivity index (χ2n) is 3.72. The number of rotatable bonds is 5. The molecule has 5 heteroatoms. The molecule has 1 N–H and O–H groups in total. The summed E-state index contributed by atoms with van der Waals surface area (Å²) in [6, 6.07) is -0.301. The van der Waals surface area contributed by atoms with Gasteiger partial charge in [0.25, 0.3) is 0 Å². The first-order valence-corrected chi connectivity index (χ1v) is 4.93. The van der Waals surface area contributed by atoms with E-state index in [1.807, 2.05) is 0 Å². The number of carbonyl (C=O) groups is 2. The third kappa shape index (κ3) is 2.23. The lowest BCUT2D eigenvalue weighted by Gasteiger charge is -2.11. The molecule has 1 aliphatic heterocycles. The topological polar surface area (TPSA) is 58.6 Å². The van der Waals surface area contributed by atoms with E-state index in [0.29, 0.717) is 13.2 Å². The Balaban J connectivity index is 1.63. The van der Waals surface area contributed by atoms with E-state index in [4.69, 9.17) is 4.74 Å². The molecule has 14 heavy (non-hydrogen) atoms. The molecule has 0 bridgehead atoms. The highest BCUT2D eigenvalue weighted by Gasteiger charge is 2.28. The lowest BCUT2D eigenvalue weighted by atomic mass is 10.5. The number of amides is 3. The van der Waals surface area contributed by atoms with Gasteiger partial charge in [0.15, 0.2) is 0 Å². The molecule has 78 valence electrons. The number of imide groups is 1. The van der Waals surface area contributed by atoms with Crippen molar-refractivity contribution < 1.29 is 14.3 Å². The molecule has 3 amide bonds. The molecular formula is C9H14N2O3. The maximum atomic E-state index is 11.1. The second-order valence-corrected chi connectivity index (χ2v) is 3.72. The predicted octanol–water partition coefficient (Wildman–Crippen LogP) is -0.0352. The van der Waals surface area contributed by atoms with Crippen LogP contribution in [0.4, 0.5) is 4.79 Å². The Morgan fingerprint density at radius 1 is 1.43 bits per heavy atom. The quantitative estimate of drug-likeness (QED) is 0.498. The fourth-order valence-corrected chi connectivity index (χ4v) is 1.37. The zero-order valence-electron chi connectivity index (χ0n) is 7.99. The van der Waals surface area contributed by atoms with Crippen LogP contribution in [0.25, 0.3) is 0 Å². The molecule has 0 aromatic rings. The summed E-state index contributed by atoms with van der Waals surface area (Å²) in [4.78, 5) is 23.4. The van der Waals surface area contributed by atoms with Gasteiger partial charge in [-0.2, -0.15) is 0 Å². The van der Waals surface area contributed by atoms with Crippen molar-refractivity contribution in [3.63, 3.8) is 0 Å². The zero-order valence-corrected chi connectivity index (χ0v) is 7.99. The highest BCUT2D eigenvalue weighted by atomic mass is 16.5. The molecule has 0 aromatic heterocycles. The SMILES string of the molecule is O=C1CNC(=O)N1CCOCC1CC1. The zero-order chi connectivity index (χ0) is 9.97. The van der Waals surface area contributed by atoms with Gasteiger partial charge in [0.1, 0.15) is 0 Å². The molecule has 0 aromatic carbocycles. The molecule has 1 saturated heterocycles. The summed E-state index contributed by atoms with van der Waals surface area (Å²) in [6.45, 7) is 1.72. The van der Waals surface area contributed by atoms with Crippen molar-refractivity contribution in [3.05, 3.63) is 0 Å².